The van der Waals surface area contributed by atoms with Crippen molar-refractivity contribution in [2.75, 3.05) is 11.4 Å². The molecule has 7 heteroatoms. The average molecular weight is 466 g/mol. The number of aromatic nitrogens is 2. The second kappa shape index (κ2) is 11.6. The maximum absolute atomic E-state index is 12.9. The molecule has 3 aromatic carbocycles. The summed E-state index contributed by atoms with van der Waals surface area (Å²) in [5, 5.41) is 12.0. The molecule has 0 unspecified atom stereocenters. The largest absolute Gasteiger partial charge is 0.346 e. The number of benzene rings is 3. The van der Waals surface area contributed by atoms with Crippen LogP contribution in [0.3, 0.4) is 0 Å². The number of nitrogens with zero attached hydrogens (tertiary/aromatic N) is 3. The van der Waals surface area contributed by atoms with E-state index in [1.165, 1.54) is 0 Å². The number of H-pyrrole nitrogens is 1. The highest BCUT2D eigenvalue weighted by molar-refractivity contribution is 5.95. The number of hydrogen-bond donors (Lipinski definition) is 2. The van der Waals surface area contributed by atoms with E-state index < -0.39 is 0 Å². The van der Waals surface area contributed by atoms with Crippen molar-refractivity contribution in [1.29, 1.82) is 5.26 Å². The van der Waals surface area contributed by atoms with E-state index in [1.807, 2.05) is 84.9 Å². The Morgan fingerprint density at radius 3 is 2.34 bits per heavy atom. The fourth-order valence-corrected chi connectivity index (χ4v) is 3.99. The zero-order valence-electron chi connectivity index (χ0n) is 19.4. The summed E-state index contributed by atoms with van der Waals surface area (Å²) in [6.07, 6.45) is 0.876. The quantitative estimate of drug-likeness (QED) is 0.355. The molecule has 7 nitrogen and oxygen atoms in total. The monoisotopic (exact) mass is 465 g/mol. The summed E-state index contributed by atoms with van der Waals surface area (Å²) in [5.74, 6) is 0.257. The van der Waals surface area contributed by atoms with Gasteiger partial charge in [-0.2, -0.15) is 5.26 Å². The molecule has 4 rings (SSSR count). The highest BCUT2D eigenvalue weighted by Crippen LogP contribution is 2.21. The van der Waals surface area contributed by atoms with Crippen LogP contribution in [0.1, 0.15) is 36.7 Å². The molecule has 0 fully saturated rings. The number of rotatable bonds is 10. The molecule has 0 aliphatic carbocycles. The maximum Gasteiger partial charge on any atom is 0.227 e. The number of carbonyl (C=O) groups is 2. The van der Waals surface area contributed by atoms with Gasteiger partial charge in [0.2, 0.25) is 11.8 Å². The fourth-order valence-electron chi connectivity index (χ4n) is 3.99. The van der Waals surface area contributed by atoms with Crippen LogP contribution in [0.5, 0.6) is 0 Å². The summed E-state index contributed by atoms with van der Waals surface area (Å²) in [5.41, 5.74) is 3.53. The van der Waals surface area contributed by atoms with Gasteiger partial charge >= 0.3 is 0 Å². The number of para-hydroxylation sites is 3. The molecule has 1 atom stereocenters. The van der Waals surface area contributed by atoms with Crippen LogP contribution in [0, 0.1) is 11.3 Å². The van der Waals surface area contributed by atoms with E-state index in [9.17, 15) is 9.59 Å². The maximum atomic E-state index is 12.9. The smallest absolute Gasteiger partial charge is 0.227 e. The lowest BCUT2D eigenvalue weighted by Gasteiger charge is -2.22. The van der Waals surface area contributed by atoms with Crippen LogP contribution in [0.15, 0.2) is 84.9 Å². The first-order valence-corrected chi connectivity index (χ1v) is 11.6. The molecule has 2 amide bonds. The van der Waals surface area contributed by atoms with E-state index in [4.69, 9.17) is 5.26 Å². The summed E-state index contributed by atoms with van der Waals surface area (Å²) >= 11 is 0. The number of nitrogens with one attached hydrogen (secondary N) is 2. The van der Waals surface area contributed by atoms with Crippen molar-refractivity contribution in [1.82, 2.24) is 15.3 Å². The summed E-state index contributed by atoms with van der Waals surface area (Å²) in [4.78, 5) is 35.4. The van der Waals surface area contributed by atoms with E-state index in [2.05, 4.69) is 21.4 Å². The van der Waals surface area contributed by atoms with Crippen LogP contribution >= 0.6 is 0 Å². The predicted molar refractivity (Wildman–Crippen MR) is 135 cm³/mol. The van der Waals surface area contributed by atoms with Crippen LogP contribution in [-0.4, -0.2) is 28.3 Å². The lowest BCUT2D eigenvalue weighted by molar-refractivity contribution is -0.125. The summed E-state index contributed by atoms with van der Waals surface area (Å²) in [6, 6.07) is 28.6. The summed E-state index contributed by atoms with van der Waals surface area (Å²) in [6.45, 7) is 0.288. The molecular formula is C28H27N5O2. The summed E-state index contributed by atoms with van der Waals surface area (Å²) in [7, 11) is 0. The molecule has 0 aliphatic rings. The third-order valence-corrected chi connectivity index (χ3v) is 5.74. The Morgan fingerprint density at radius 1 is 0.943 bits per heavy atom. The molecule has 0 saturated heterocycles. The second-order valence-corrected chi connectivity index (χ2v) is 8.24. The zero-order chi connectivity index (χ0) is 24.5. The number of anilines is 1. The molecule has 35 heavy (non-hydrogen) atoms. The van der Waals surface area contributed by atoms with Gasteiger partial charge in [-0.05, 0) is 36.2 Å². The van der Waals surface area contributed by atoms with E-state index in [0.717, 1.165) is 22.3 Å². The first-order valence-electron chi connectivity index (χ1n) is 11.6. The van der Waals surface area contributed by atoms with Gasteiger partial charge < -0.3 is 15.2 Å². The number of amides is 2. The highest BCUT2D eigenvalue weighted by Gasteiger charge is 2.21. The minimum atomic E-state index is -0.365. The molecule has 0 aliphatic heterocycles. The normalized spacial score (nSPS) is 11.5. The van der Waals surface area contributed by atoms with Crippen molar-refractivity contribution < 1.29 is 9.59 Å². The van der Waals surface area contributed by atoms with Crippen LogP contribution in [0.4, 0.5) is 5.69 Å². The van der Waals surface area contributed by atoms with Crippen molar-refractivity contribution >= 4 is 28.5 Å². The van der Waals surface area contributed by atoms with E-state index in [-0.39, 0.29) is 43.7 Å². The van der Waals surface area contributed by atoms with Gasteiger partial charge in [0, 0.05) is 25.1 Å². The standard InChI is InChI=1S/C28H27N5O2/c29-18-9-19-33(22-12-5-2-6-13-22)27(35)17-16-26(34)30-25(20-21-10-3-1-4-11-21)28-31-23-14-7-8-15-24(23)32-28/h1-8,10-15,25H,9,16-17,19-20H2,(H,30,34)(H,31,32)/t25-/m0/s1. The Morgan fingerprint density at radius 2 is 1.63 bits per heavy atom. The molecule has 0 saturated carbocycles. The average Bonchev–Trinajstić information content (AvgIpc) is 3.33. The SMILES string of the molecule is N#CCCN(C(=O)CCC(=O)N[C@@H](Cc1ccccc1)c1nc2ccccc2[nH]1)c1ccccc1. The van der Waals surface area contributed by atoms with Crippen molar-refractivity contribution in [2.24, 2.45) is 0 Å². The van der Waals surface area contributed by atoms with Crippen molar-refractivity contribution in [2.45, 2.75) is 31.7 Å². The molecule has 1 aromatic heterocycles. The Bertz CT molecular complexity index is 1280. The molecule has 0 radical (unpaired) electrons. The van der Waals surface area contributed by atoms with Crippen molar-refractivity contribution in [3.05, 3.63) is 96.3 Å². The van der Waals surface area contributed by atoms with Crippen LogP contribution in [0.25, 0.3) is 11.0 Å². The molecule has 2 N–H and O–H groups in total. The minimum absolute atomic E-state index is 0.0419. The number of carbonyl (C=O) groups excluding carboxylic acids is 2. The third kappa shape index (κ3) is 6.33. The number of nitriles is 1. The van der Waals surface area contributed by atoms with Gasteiger partial charge in [0.25, 0.3) is 0 Å². The van der Waals surface area contributed by atoms with Crippen LogP contribution in [0.2, 0.25) is 0 Å². The Labute approximate surface area is 204 Å². The number of fused-ring (bicyclic) bond motifs is 1. The van der Waals surface area contributed by atoms with Gasteiger partial charge in [-0.15, -0.1) is 0 Å². The number of imidazole rings is 1. The molecule has 4 aromatic rings. The summed E-state index contributed by atoms with van der Waals surface area (Å²) < 4.78 is 0. The predicted octanol–water partition coefficient (Wildman–Crippen LogP) is 4.69. The Hall–Kier alpha value is -4.44. The van der Waals surface area contributed by atoms with E-state index in [0.29, 0.717) is 12.2 Å². The van der Waals surface area contributed by atoms with Gasteiger partial charge in [0.05, 0.1) is 29.6 Å². The van der Waals surface area contributed by atoms with Gasteiger partial charge in [0.15, 0.2) is 0 Å². The fraction of sp³-hybridized carbons (Fsp3) is 0.214. The molecule has 176 valence electrons. The Balaban J connectivity index is 1.45. The lowest BCUT2D eigenvalue weighted by Crippen LogP contribution is -2.34. The lowest BCUT2D eigenvalue weighted by atomic mass is 10.1. The topological polar surface area (TPSA) is 102 Å². The molecular weight excluding hydrogens is 438 g/mol. The van der Waals surface area contributed by atoms with E-state index in [1.54, 1.807) is 4.90 Å². The van der Waals surface area contributed by atoms with E-state index >= 15 is 0 Å². The first kappa shape index (κ1) is 23.7. The first-order chi connectivity index (χ1) is 17.1. The van der Waals surface area contributed by atoms with Gasteiger partial charge in [-0.3, -0.25) is 9.59 Å². The van der Waals surface area contributed by atoms with Crippen molar-refractivity contribution in [3.63, 3.8) is 0 Å². The third-order valence-electron chi connectivity index (χ3n) is 5.74. The van der Waals surface area contributed by atoms with Gasteiger partial charge in [0.1, 0.15) is 5.82 Å². The molecule has 0 spiro atoms. The van der Waals surface area contributed by atoms with Crippen LogP contribution < -0.4 is 10.2 Å². The highest BCUT2D eigenvalue weighted by atomic mass is 16.2. The number of hydrogen-bond acceptors (Lipinski definition) is 4. The second-order valence-electron chi connectivity index (χ2n) is 8.24. The Kier molecular flexibility index (Phi) is 7.87. The zero-order valence-corrected chi connectivity index (χ0v) is 19.4. The molecule has 0 bridgehead atoms. The van der Waals surface area contributed by atoms with Gasteiger partial charge in [-0.1, -0.05) is 60.7 Å². The number of aromatic amines is 1. The van der Waals surface area contributed by atoms with Crippen molar-refractivity contribution in [3.8, 4) is 6.07 Å². The molecule has 1 heterocycles. The minimum Gasteiger partial charge on any atom is -0.346 e. The van der Waals surface area contributed by atoms with Crippen LogP contribution in [-0.2, 0) is 16.0 Å². The van der Waals surface area contributed by atoms with Gasteiger partial charge in [-0.25, -0.2) is 4.98 Å².